The first-order valence-corrected chi connectivity index (χ1v) is 6.98. The van der Waals surface area contributed by atoms with Gasteiger partial charge in [-0.05, 0) is 36.8 Å². The minimum Gasteiger partial charge on any atom is -0.324 e. The number of hydrogen-bond acceptors (Lipinski definition) is 2. The van der Waals surface area contributed by atoms with Crippen molar-refractivity contribution in [1.29, 1.82) is 0 Å². The summed E-state index contributed by atoms with van der Waals surface area (Å²) in [6.45, 7) is 2.59. The van der Waals surface area contributed by atoms with Crippen LogP contribution in [0.3, 0.4) is 0 Å². The van der Waals surface area contributed by atoms with Crippen molar-refractivity contribution < 1.29 is 13.2 Å². The van der Waals surface area contributed by atoms with Gasteiger partial charge in [0.15, 0.2) is 0 Å². The number of benzene rings is 1. The smallest absolute Gasteiger partial charge is 0.324 e. The molecule has 0 unspecified atom stereocenters. The van der Waals surface area contributed by atoms with Crippen LogP contribution >= 0.6 is 0 Å². The van der Waals surface area contributed by atoms with Gasteiger partial charge in [-0.2, -0.15) is 13.2 Å². The molecule has 114 valence electrons. The first kappa shape index (κ1) is 14.6. The van der Waals surface area contributed by atoms with Crippen LogP contribution in [0.5, 0.6) is 0 Å². The molecule has 0 aliphatic rings. The second-order valence-electron chi connectivity index (χ2n) is 5.02. The number of hydrogen-bond donors (Lipinski definition) is 0. The molecule has 1 aromatic carbocycles. The normalized spacial score (nSPS) is 12.0. The Bertz CT molecular complexity index is 791. The average molecular weight is 305 g/mol. The molecule has 3 rings (SSSR count). The molecule has 0 amide bonds. The molecule has 3 nitrogen and oxygen atoms in total. The number of alkyl halides is 3. The number of halogens is 3. The molecule has 0 bridgehead atoms. The Morgan fingerprint density at radius 1 is 1.09 bits per heavy atom. The van der Waals surface area contributed by atoms with E-state index in [0.29, 0.717) is 23.4 Å². The van der Waals surface area contributed by atoms with Crippen LogP contribution in [-0.4, -0.2) is 14.5 Å². The van der Waals surface area contributed by atoms with Gasteiger partial charge in [0.05, 0.1) is 16.6 Å². The molecule has 0 spiro atoms. The van der Waals surface area contributed by atoms with E-state index in [0.717, 1.165) is 18.1 Å². The van der Waals surface area contributed by atoms with E-state index in [-0.39, 0.29) is 0 Å². The maximum atomic E-state index is 12.9. The van der Waals surface area contributed by atoms with Gasteiger partial charge in [0.2, 0.25) is 0 Å². The fourth-order valence-corrected chi connectivity index (χ4v) is 2.47. The monoisotopic (exact) mass is 305 g/mol. The predicted octanol–water partition coefficient (Wildman–Crippen LogP) is 4.53. The van der Waals surface area contributed by atoms with E-state index < -0.39 is 11.7 Å². The first-order chi connectivity index (χ1) is 10.5. The number of nitrogens with zero attached hydrogens (tertiary/aromatic N) is 3. The topological polar surface area (TPSA) is 30.7 Å². The van der Waals surface area contributed by atoms with Gasteiger partial charge in [-0.1, -0.05) is 6.92 Å². The molecule has 0 aliphatic heterocycles. The summed E-state index contributed by atoms with van der Waals surface area (Å²) in [5, 5.41) is 0. The van der Waals surface area contributed by atoms with Crippen molar-refractivity contribution in [2.45, 2.75) is 26.1 Å². The minimum atomic E-state index is -4.35. The number of rotatable bonds is 3. The Kier molecular flexibility index (Phi) is 3.60. The van der Waals surface area contributed by atoms with Crippen LogP contribution < -0.4 is 0 Å². The van der Waals surface area contributed by atoms with Gasteiger partial charge < -0.3 is 4.57 Å². The number of aryl methyl sites for hydroxylation is 1. The van der Waals surface area contributed by atoms with Gasteiger partial charge in [-0.25, -0.2) is 4.98 Å². The predicted molar refractivity (Wildman–Crippen MR) is 78.3 cm³/mol. The molecule has 0 fully saturated rings. The molecule has 0 atom stereocenters. The zero-order valence-corrected chi connectivity index (χ0v) is 11.9. The maximum Gasteiger partial charge on any atom is 0.416 e. The summed E-state index contributed by atoms with van der Waals surface area (Å²) in [6.07, 6.45) is -0.260. The van der Waals surface area contributed by atoms with Crippen molar-refractivity contribution in [1.82, 2.24) is 14.5 Å². The number of pyridine rings is 1. The third-order valence-electron chi connectivity index (χ3n) is 3.46. The van der Waals surface area contributed by atoms with Crippen LogP contribution in [0.4, 0.5) is 13.2 Å². The van der Waals surface area contributed by atoms with Crippen molar-refractivity contribution in [3.63, 3.8) is 0 Å². The van der Waals surface area contributed by atoms with Gasteiger partial charge in [0.25, 0.3) is 0 Å². The van der Waals surface area contributed by atoms with E-state index in [1.165, 1.54) is 12.1 Å². The Labute approximate surface area is 125 Å². The average Bonchev–Trinajstić information content (AvgIpc) is 2.86. The van der Waals surface area contributed by atoms with Crippen LogP contribution in [0, 0.1) is 0 Å². The quantitative estimate of drug-likeness (QED) is 0.712. The Balaban J connectivity index is 2.24. The minimum absolute atomic E-state index is 0.503. The molecule has 3 aromatic rings. The highest BCUT2D eigenvalue weighted by Crippen LogP contribution is 2.33. The highest BCUT2D eigenvalue weighted by Gasteiger charge is 2.31. The largest absolute Gasteiger partial charge is 0.416 e. The highest BCUT2D eigenvalue weighted by atomic mass is 19.4. The lowest BCUT2D eigenvalue weighted by molar-refractivity contribution is -0.137. The number of aromatic nitrogens is 3. The lowest BCUT2D eigenvalue weighted by Crippen LogP contribution is -2.05. The molecular weight excluding hydrogens is 291 g/mol. The second kappa shape index (κ2) is 5.44. The molecule has 2 heterocycles. The third-order valence-corrected chi connectivity index (χ3v) is 3.46. The summed E-state index contributed by atoms with van der Waals surface area (Å²) in [7, 11) is 0. The maximum absolute atomic E-state index is 12.9. The van der Waals surface area contributed by atoms with Crippen molar-refractivity contribution in [3.8, 4) is 11.4 Å². The summed E-state index contributed by atoms with van der Waals surface area (Å²) in [6, 6.07) is 7.27. The van der Waals surface area contributed by atoms with E-state index >= 15 is 0 Å². The van der Waals surface area contributed by atoms with Gasteiger partial charge >= 0.3 is 6.18 Å². The van der Waals surface area contributed by atoms with Gasteiger partial charge in [0, 0.05) is 24.5 Å². The van der Waals surface area contributed by atoms with Crippen molar-refractivity contribution in [3.05, 3.63) is 48.3 Å². The van der Waals surface area contributed by atoms with Crippen molar-refractivity contribution in [2.24, 2.45) is 0 Å². The lowest BCUT2D eigenvalue weighted by atomic mass is 10.2. The zero-order valence-electron chi connectivity index (χ0n) is 11.9. The Hall–Kier alpha value is -2.37. The first-order valence-electron chi connectivity index (χ1n) is 6.98. The molecular formula is C16H14F3N3. The van der Waals surface area contributed by atoms with Gasteiger partial charge in [0.1, 0.15) is 5.82 Å². The van der Waals surface area contributed by atoms with Crippen molar-refractivity contribution >= 4 is 11.0 Å². The van der Waals surface area contributed by atoms with Crippen LogP contribution in [0.25, 0.3) is 22.4 Å². The van der Waals surface area contributed by atoms with Gasteiger partial charge in [-0.3, -0.25) is 4.98 Å². The van der Waals surface area contributed by atoms with E-state index in [2.05, 4.69) is 9.97 Å². The van der Waals surface area contributed by atoms with E-state index in [9.17, 15) is 13.2 Å². The third kappa shape index (κ3) is 2.56. The van der Waals surface area contributed by atoms with Crippen LogP contribution in [-0.2, 0) is 12.7 Å². The molecule has 0 saturated heterocycles. The number of fused-ring (bicyclic) bond motifs is 1. The summed E-state index contributed by atoms with van der Waals surface area (Å²) >= 11 is 0. The summed E-state index contributed by atoms with van der Waals surface area (Å²) < 4.78 is 40.6. The van der Waals surface area contributed by atoms with E-state index in [1.807, 2.05) is 11.5 Å². The summed E-state index contributed by atoms with van der Waals surface area (Å²) in [4.78, 5) is 8.45. The van der Waals surface area contributed by atoms with Gasteiger partial charge in [-0.15, -0.1) is 0 Å². The van der Waals surface area contributed by atoms with Crippen LogP contribution in [0.1, 0.15) is 18.9 Å². The highest BCUT2D eigenvalue weighted by molar-refractivity contribution is 5.81. The SMILES string of the molecule is CCCn1c(-c2ccncc2)nc2ccc(C(F)(F)F)cc21. The fourth-order valence-electron chi connectivity index (χ4n) is 2.47. The Morgan fingerprint density at radius 3 is 2.45 bits per heavy atom. The number of imidazole rings is 1. The molecule has 0 N–H and O–H groups in total. The van der Waals surface area contributed by atoms with Crippen molar-refractivity contribution in [2.75, 3.05) is 0 Å². The summed E-state index contributed by atoms with van der Waals surface area (Å²) in [5.74, 6) is 0.665. The summed E-state index contributed by atoms with van der Waals surface area (Å²) in [5.41, 5.74) is 1.25. The van der Waals surface area contributed by atoms with E-state index in [4.69, 9.17) is 0 Å². The second-order valence-corrected chi connectivity index (χ2v) is 5.02. The lowest BCUT2D eigenvalue weighted by Gasteiger charge is -2.09. The standard InChI is InChI=1S/C16H14F3N3/c1-2-9-22-14-10-12(16(17,18)19)3-4-13(14)21-15(22)11-5-7-20-8-6-11/h3-8,10H,2,9H2,1H3. The van der Waals surface area contributed by atoms with Crippen LogP contribution in [0.2, 0.25) is 0 Å². The Morgan fingerprint density at radius 2 is 1.82 bits per heavy atom. The molecule has 0 radical (unpaired) electrons. The fraction of sp³-hybridized carbons (Fsp3) is 0.250. The van der Waals surface area contributed by atoms with Crippen LogP contribution in [0.15, 0.2) is 42.7 Å². The zero-order chi connectivity index (χ0) is 15.7. The molecule has 2 aromatic heterocycles. The molecule has 0 aliphatic carbocycles. The molecule has 6 heteroatoms. The molecule has 0 saturated carbocycles. The molecule has 22 heavy (non-hydrogen) atoms. The van der Waals surface area contributed by atoms with E-state index in [1.54, 1.807) is 24.5 Å².